The highest BCUT2D eigenvalue weighted by Crippen LogP contribution is 2.73. The van der Waals surface area contributed by atoms with Crippen molar-refractivity contribution in [3.05, 3.63) is 38.6 Å². The predicted octanol–water partition coefficient (Wildman–Crippen LogP) is 2.09. The number of rotatable bonds is 3. The molecule has 5 rings (SSSR count). The average Bonchev–Trinajstić information content (AvgIpc) is 2.48. The molecule has 3 aliphatic rings. The normalized spacial score (nSPS) is 27.0. The molecule has 0 unspecified atom stereocenters. The summed E-state index contributed by atoms with van der Waals surface area (Å²) in [6, 6.07) is 2.47. The summed E-state index contributed by atoms with van der Waals surface area (Å²) in [4.78, 5) is 34.4. The van der Waals surface area contributed by atoms with Crippen LogP contribution >= 0.6 is 15.9 Å². The minimum absolute atomic E-state index is 0.176. The molecule has 26 heavy (non-hydrogen) atoms. The second-order valence-electron chi connectivity index (χ2n) is 7.29. The average molecular weight is 423 g/mol. The van der Waals surface area contributed by atoms with Gasteiger partial charge < -0.3 is 10.6 Å². The van der Waals surface area contributed by atoms with Gasteiger partial charge in [-0.15, -0.1) is 0 Å². The zero-order valence-electron chi connectivity index (χ0n) is 14.2. The predicted molar refractivity (Wildman–Crippen MR) is 96.0 cm³/mol. The van der Waals surface area contributed by atoms with Crippen molar-refractivity contribution in [2.24, 2.45) is 23.4 Å². The van der Waals surface area contributed by atoms with Gasteiger partial charge in [-0.25, -0.2) is 14.2 Å². The van der Waals surface area contributed by atoms with Crippen LogP contribution in [0, 0.1) is 11.2 Å². The van der Waals surface area contributed by atoms with Gasteiger partial charge in [-0.3, -0.25) is 9.36 Å². The number of fused-ring (bicyclic) bond motifs is 1. The van der Waals surface area contributed by atoms with Crippen molar-refractivity contribution in [2.75, 3.05) is 0 Å². The highest BCUT2D eigenvalue weighted by Gasteiger charge is 2.74. The third-order valence-electron chi connectivity index (χ3n) is 5.31. The quantitative estimate of drug-likeness (QED) is 0.353. The van der Waals surface area contributed by atoms with Crippen LogP contribution in [-0.2, 0) is 22.1 Å². The minimum atomic E-state index is -0.578. The van der Waals surface area contributed by atoms with Crippen LogP contribution in [0.5, 0.6) is 0 Å². The molecule has 3 aliphatic carbocycles. The smallest absolute Gasteiger partial charge is 0.341 e. The lowest BCUT2D eigenvalue weighted by molar-refractivity contribution is -0.203. The molecule has 2 N–H and O–H groups in total. The number of oxime groups is 1. The number of halogens is 2. The number of hydrogen-bond donors (Lipinski definition) is 1. The fraction of sp³-hybridized carbons (Fsp3) is 0.412. The van der Waals surface area contributed by atoms with E-state index in [9.17, 15) is 14.0 Å². The standard InChI is InChI=1S/C17H16BrFN4O3/c1-8(20)22-26-15(25)17-5-16(6-17,7-17)14-21-12-10(13(24)23(14)2)3-9(19)4-11(12)18/h3-4H,5-7H2,1-2H3,(H2,20,22). The first-order chi connectivity index (χ1) is 12.2. The molecule has 0 saturated heterocycles. The van der Waals surface area contributed by atoms with Crippen LogP contribution in [0.2, 0.25) is 0 Å². The maximum atomic E-state index is 13.6. The van der Waals surface area contributed by atoms with Crippen molar-refractivity contribution in [3.63, 3.8) is 0 Å². The number of hydrogen-bond acceptors (Lipinski definition) is 5. The molecular weight excluding hydrogens is 407 g/mol. The van der Waals surface area contributed by atoms with E-state index in [1.54, 1.807) is 7.05 Å². The van der Waals surface area contributed by atoms with Crippen molar-refractivity contribution in [1.82, 2.24) is 9.55 Å². The highest BCUT2D eigenvalue weighted by molar-refractivity contribution is 9.10. The molecule has 3 fully saturated rings. The van der Waals surface area contributed by atoms with Crippen LogP contribution in [0.25, 0.3) is 10.9 Å². The van der Waals surface area contributed by atoms with Crippen molar-refractivity contribution < 1.29 is 14.0 Å². The molecule has 9 heteroatoms. The Morgan fingerprint density at radius 2 is 2.08 bits per heavy atom. The molecule has 2 aromatic rings. The van der Waals surface area contributed by atoms with Gasteiger partial charge in [0.1, 0.15) is 17.5 Å². The number of benzene rings is 1. The second kappa shape index (κ2) is 5.35. The fourth-order valence-electron chi connectivity index (χ4n) is 4.23. The van der Waals surface area contributed by atoms with Gasteiger partial charge in [0, 0.05) is 16.9 Å². The van der Waals surface area contributed by atoms with Crippen LogP contribution in [0.3, 0.4) is 0 Å². The van der Waals surface area contributed by atoms with Gasteiger partial charge in [-0.2, -0.15) is 0 Å². The lowest BCUT2D eigenvalue weighted by Crippen LogP contribution is -2.69. The number of carbonyl (C=O) groups is 1. The topological polar surface area (TPSA) is 99.6 Å². The number of amidine groups is 1. The van der Waals surface area contributed by atoms with E-state index in [0.717, 1.165) is 0 Å². The second-order valence-corrected chi connectivity index (χ2v) is 8.14. The number of nitrogens with zero attached hydrogens (tertiary/aromatic N) is 3. The number of nitrogens with two attached hydrogens (primary N) is 1. The van der Waals surface area contributed by atoms with Gasteiger partial charge in [0.25, 0.3) is 5.56 Å². The van der Waals surface area contributed by atoms with E-state index >= 15 is 0 Å². The Labute approximate surface area is 156 Å². The molecule has 7 nitrogen and oxygen atoms in total. The molecule has 0 atom stereocenters. The molecule has 0 aliphatic heterocycles. The largest absolute Gasteiger partial charge is 0.385 e. The van der Waals surface area contributed by atoms with E-state index in [1.807, 2.05) is 0 Å². The monoisotopic (exact) mass is 422 g/mol. The molecule has 1 heterocycles. The lowest BCUT2D eigenvalue weighted by Gasteiger charge is -2.67. The van der Waals surface area contributed by atoms with Gasteiger partial charge >= 0.3 is 5.97 Å². The van der Waals surface area contributed by atoms with Crippen molar-refractivity contribution in [1.29, 1.82) is 0 Å². The number of aromatic nitrogens is 2. The van der Waals surface area contributed by atoms with Gasteiger partial charge in [0.2, 0.25) is 0 Å². The molecule has 0 amide bonds. The Balaban J connectivity index is 1.69. The maximum absolute atomic E-state index is 13.6. The molecule has 1 aromatic heterocycles. The fourth-order valence-corrected chi connectivity index (χ4v) is 4.75. The summed E-state index contributed by atoms with van der Waals surface area (Å²) in [5.41, 5.74) is 4.58. The van der Waals surface area contributed by atoms with E-state index in [0.29, 0.717) is 35.1 Å². The zero-order chi connectivity index (χ0) is 18.9. The van der Waals surface area contributed by atoms with E-state index in [-0.39, 0.29) is 22.2 Å². The van der Waals surface area contributed by atoms with Gasteiger partial charge in [-0.05, 0) is 54.2 Å². The minimum Gasteiger partial charge on any atom is -0.385 e. The molecule has 136 valence electrons. The summed E-state index contributed by atoms with van der Waals surface area (Å²) < 4.78 is 15.5. The van der Waals surface area contributed by atoms with Crippen LogP contribution < -0.4 is 11.3 Å². The van der Waals surface area contributed by atoms with Gasteiger partial charge in [-0.1, -0.05) is 5.16 Å². The van der Waals surface area contributed by atoms with E-state index < -0.39 is 17.2 Å². The van der Waals surface area contributed by atoms with Crippen LogP contribution in [-0.4, -0.2) is 21.4 Å². The Hall–Kier alpha value is -2.29. The van der Waals surface area contributed by atoms with E-state index in [4.69, 9.17) is 10.6 Å². The summed E-state index contributed by atoms with van der Waals surface area (Å²) in [5, 5.41) is 3.74. The summed E-state index contributed by atoms with van der Waals surface area (Å²) in [6.45, 7) is 1.53. The van der Waals surface area contributed by atoms with E-state index in [1.165, 1.54) is 23.6 Å². The summed E-state index contributed by atoms with van der Waals surface area (Å²) in [6.07, 6.45) is 1.63. The first kappa shape index (κ1) is 17.1. The third kappa shape index (κ3) is 2.22. The van der Waals surface area contributed by atoms with Crippen LogP contribution in [0.1, 0.15) is 32.0 Å². The highest BCUT2D eigenvalue weighted by atomic mass is 79.9. The molecule has 1 aromatic carbocycles. The summed E-state index contributed by atoms with van der Waals surface area (Å²) in [5.74, 6) is -0.122. The van der Waals surface area contributed by atoms with Crippen LogP contribution in [0.4, 0.5) is 4.39 Å². The summed E-state index contributed by atoms with van der Waals surface area (Å²) in [7, 11) is 1.62. The number of carbonyl (C=O) groups excluding carboxylic acids is 1. The Morgan fingerprint density at radius 3 is 2.69 bits per heavy atom. The molecular formula is C17H16BrFN4O3. The maximum Gasteiger partial charge on any atom is 0.341 e. The first-order valence-electron chi connectivity index (χ1n) is 8.05. The third-order valence-corrected chi connectivity index (χ3v) is 5.91. The first-order valence-corrected chi connectivity index (χ1v) is 8.85. The molecule has 2 bridgehead atoms. The van der Waals surface area contributed by atoms with Crippen molar-refractivity contribution in [3.8, 4) is 0 Å². The molecule has 0 spiro atoms. The van der Waals surface area contributed by atoms with Crippen LogP contribution in [0.15, 0.2) is 26.6 Å². The Morgan fingerprint density at radius 1 is 1.42 bits per heavy atom. The van der Waals surface area contributed by atoms with Crippen molar-refractivity contribution >= 4 is 38.6 Å². The van der Waals surface area contributed by atoms with Crippen molar-refractivity contribution in [2.45, 2.75) is 31.6 Å². The Bertz CT molecular complexity index is 1040. The SMILES string of the molecule is C/C(N)=N/OC(=O)C12CC(c3nc4c(Br)cc(F)cc4c(=O)n3C)(C1)C2. The Kier molecular flexibility index (Phi) is 3.53. The van der Waals surface area contributed by atoms with E-state index in [2.05, 4.69) is 26.1 Å². The van der Waals surface area contributed by atoms with Gasteiger partial charge in [0.05, 0.1) is 16.3 Å². The zero-order valence-corrected chi connectivity index (χ0v) is 15.8. The lowest BCUT2D eigenvalue weighted by atomic mass is 9.35. The molecule has 0 radical (unpaired) electrons. The van der Waals surface area contributed by atoms with Gasteiger partial charge in [0.15, 0.2) is 0 Å². The molecule has 3 saturated carbocycles. The summed E-state index contributed by atoms with van der Waals surface area (Å²) >= 11 is 3.28.